The number of allylic oxidation sites excluding steroid dienone is 2. The van der Waals surface area contributed by atoms with Crippen LogP contribution in [0.3, 0.4) is 0 Å². The number of aromatic amines is 1. The topological polar surface area (TPSA) is 62.0 Å². The van der Waals surface area contributed by atoms with Crippen LogP contribution in [0.1, 0.15) is 18.7 Å². The van der Waals surface area contributed by atoms with E-state index in [0.717, 1.165) is 37.0 Å². The summed E-state index contributed by atoms with van der Waals surface area (Å²) in [5.41, 5.74) is 9.86. The maximum atomic E-state index is 10.4. The second kappa shape index (κ2) is 7.50. The number of phenols is 1. The number of benzene rings is 1. The third-order valence-electron chi connectivity index (χ3n) is 4.17. The molecule has 0 aliphatic carbocycles. The second-order valence-electron chi connectivity index (χ2n) is 6.19. The molecule has 2 heterocycles. The number of phenolic OH excluding ortho intramolecular Hbond substituents is 1. The number of nitrogens with one attached hydrogen (secondary N) is 1. The fraction of sp³-hybridized carbons (Fsp3) is 0.0909. The van der Waals surface area contributed by atoms with Gasteiger partial charge in [-0.2, -0.15) is 0 Å². The number of H-pyrrole nitrogens is 1. The molecule has 0 atom stereocenters. The Kier molecular flexibility index (Phi) is 5.14. The summed E-state index contributed by atoms with van der Waals surface area (Å²) in [6.45, 7) is 7.83. The third-order valence-corrected chi connectivity index (χ3v) is 5.26. The van der Waals surface area contributed by atoms with Crippen LogP contribution in [0.4, 0.5) is 0 Å². The molecule has 3 rings (SSSR count). The third kappa shape index (κ3) is 3.37. The molecule has 0 unspecified atom stereocenters. The maximum Gasteiger partial charge on any atom is 0.124 e. The van der Waals surface area contributed by atoms with Gasteiger partial charge in [0, 0.05) is 38.5 Å². The summed E-state index contributed by atoms with van der Waals surface area (Å²) in [7, 11) is 0. The first-order valence-electron chi connectivity index (χ1n) is 8.34. The van der Waals surface area contributed by atoms with Crippen molar-refractivity contribution in [2.75, 3.05) is 0 Å². The van der Waals surface area contributed by atoms with Crippen molar-refractivity contribution in [2.24, 2.45) is 5.73 Å². The first-order chi connectivity index (χ1) is 12.5. The molecule has 0 bridgehead atoms. The largest absolute Gasteiger partial charge is 0.507 e. The van der Waals surface area contributed by atoms with Crippen LogP contribution in [0.15, 0.2) is 55.3 Å². The van der Waals surface area contributed by atoms with E-state index in [1.807, 2.05) is 42.6 Å². The van der Waals surface area contributed by atoms with E-state index in [4.69, 9.17) is 5.73 Å². The van der Waals surface area contributed by atoms with Crippen LogP contribution in [-0.2, 0) is 0 Å². The van der Waals surface area contributed by atoms with E-state index in [0.29, 0.717) is 0 Å². The first-order valence-corrected chi connectivity index (χ1v) is 9.16. The number of hydrogen-bond acceptors (Lipinski definition) is 3. The van der Waals surface area contributed by atoms with Crippen molar-refractivity contribution in [3.8, 4) is 27.3 Å². The van der Waals surface area contributed by atoms with Crippen LogP contribution in [0, 0.1) is 0 Å². The van der Waals surface area contributed by atoms with Gasteiger partial charge in [0.25, 0.3) is 0 Å². The molecule has 4 N–H and O–H groups in total. The highest BCUT2D eigenvalue weighted by Crippen LogP contribution is 2.37. The summed E-state index contributed by atoms with van der Waals surface area (Å²) in [6, 6.07) is 9.77. The molecular formula is C22H22N2OS. The lowest BCUT2D eigenvalue weighted by molar-refractivity contribution is 0.477. The molecule has 0 saturated carbocycles. The molecular weight excluding hydrogens is 340 g/mol. The molecule has 26 heavy (non-hydrogen) atoms. The average Bonchev–Trinajstić information content (AvgIpc) is 3.27. The SMILES string of the molecule is C=C/C=C\c1ccc(-c2cc(-c3c[nH]/c(=C/N)c3=C(C)C)ccc2O)s1. The lowest BCUT2D eigenvalue weighted by Crippen LogP contribution is -2.26. The molecule has 3 aromatic rings. The minimum absolute atomic E-state index is 0.273. The molecule has 0 saturated heterocycles. The number of aromatic nitrogens is 1. The Balaban J connectivity index is 2.15. The molecule has 0 amide bonds. The van der Waals surface area contributed by atoms with Gasteiger partial charge in [-0.1, -0.05) is 30.4 Å². The Labute approximate surface area is 157 Å². The van der Waals surface area contributed by atoms with E-state index < -0.39 is 0 Å². The van der Waals surface area contributed by atoms with Gasteiger partial charge in [0.2, 0.25) is 0 Å². The second-order valence-corrected chi connectivity index (χ2v) is 7.30. The molecule has 0 aliphatic heterocycles. The van der Waals surface area contributed by atoms with Crippen LogP contribution in [0.2, 0.25) is 0 Å². The fourth-order valence-electron chi connectivity index (χ4n) is 2.99. The van der Waals surface area contributed by atoms with E-state index in [9.17, 15) is 5.11 Å². The maximum absolute atomic E-state index is 10.4. The number of thiophene rings is 1. The molecule has 132 valence electrons. The molecule has 0 aliphatic rings. The van der Waals surface area contributed by atoms with Gasteiger partial charge in [-0.25, -0.2) is 0 Å². The average molecular weight is 362 g/mol. The minimum Gasteiger partial charge on any atom is -0.507 e. The molecule has 0 radical (unpaired) electrons. The standard InChI is InChI=1S/C22H22N2OS/c1-4-5-6-16-8-10-21(26-16)17-11-15(7-9-20(17)25)18-13-24-19(12-23)22(18)14(2)3/h4-13,24-25H,1,23H2,2-3H3/b6-5-,19-12+. The van der Waals surface area contributed by atoms with E-state index in [-0.39, 0.29) is 5.75 Å². The Morgan fingerprint density at radius 2 is 2.00 bits per heavy atom. The Morgan fingerprint density at radius 1 is 1.19 bits per heavy atom. The first kappa shape index (κ1) is 17.8. The number of nitrogens with two attached hydrogens (primary N) is 1. The van der Waals surface area contributed by atoms with Crippen molar-refractivity contribution in [3.63, 3.8) is 0 Å². The van der Waals surface area contributed by atoms with Gasteiger partial charge in [-0.05, 0) is 49.8 Å². The van der Waals surface area contributed by atoms with Crippen LogP contribution < -0.4 is 16.3 Å². The molecule has 2 aromatic heterocycles. The van der Waals surface area contributed by atoms with Gasteiger partial charge in [0.1, 0.15) is 5.75 Å². The number of rotatable bonds is 4. The lowest BCUT2D eigenvalue weighted by atomic mass is 10.0. The fourth-order valence-corrected chi connectivity index (χ4v) is 3.93. The van der Waals surface area contributed by atoms with Gasteiger partial charge in [-0.3, -0.25) is 0 Å². The highest BCUT2D eigenvalue weighted by molar-refractivity contribution is 7.16. The van der Waals surface area contributed by atoms with Crippen LogP contribution >= 0.6 is 11.3 Å². The highest BCUT2D eigenvalue weighted by atomic mass is 32.1. The summed E-state index contributed by atoms with van der Waals surface area (Å²) < 4.78 is 0. The molecule has 1 aromatic carbocycles. The molecule has 0 fully saturated rings. The normalized spacial score (nSPS) is 12.0. The van der Waals surface area contributed by atoms with Crippen LogP contribution in [-0.4, -0.2) is 10.1 Å². The number of aromatic hydroxyl groups is 1. The lowest BCUT2D eigenvalue weighted by Gasteiger charge is -2.06. The van der Waals surface area contributed by atoms with Crippen molar-refractivity contribution in [2.45, 2.75) is 13.8 Å². The van der Waals surface area contributed by atoms with Crippen molar-refractivity contribution >= 4 is 29.2 Å². The Bertz CT molecular complexity index is 1100. The van der Waals surface area contributed by atoms with Crippen molar-refractivity contribution in [3.05, 3.63) is 70.7 Å². The van der Waals surface area contributed by atoms with E-state index in [1.54, 1.807) is 29.7 Å². The molecule has 3 nitrogen and oxygen atoms in total. The van der Waals surface area contributed by atoms with Gasteiger partial charge < -0.3 is 15.8 Å². The Hall–Kier alpha value is -2.98. The van der Waals surface area contributed by atoms with Gasteiger partial charge >= 0.3 is 0 Å². The van der Waals surface area contributed by atoms with Gasteiger partial charge in [-0.15, -0.1) is 11.3 Å². The summed E-state index contributed by atoms with van der Waals surface area (Å²) in [5, 5.41) is 12.4. The molecule has 4 heteroatoms. The van der Waals surface area contributed by atoms with Gasteiger partial charge in [0.15, 0.2) is 0 Å². The zero-order valence-electron chi connectivity index (χ0n) is 14.9. The predicted octanol–water partition coefficient (Wildman–Crippen LogP) is 4.20. The van der Waals surface area contributed by atoms with E-state index in [1.165, 1.54) is 5.57 Å². The zero-order valence-corrected chi connectivity index (χ0v) is 15.7. The van der Waals surface area contributed by atoms with Crippen LogP contribution in [0.25, 0.3) is 39.4 Å². The van der Waals surface area contributed by atoms with Crippen molar-refractivity contribution in [1.29, 1.82) is 0 Å². The smallest absolute Gasteiger partial charge is 0.124 e. The van der Waals surface area contributed by atoms with Gasteiger partial charge in [0.05, 0.1) is 5.35 Å². The monoisotopic (exact) mass is 362 g/mol. The summed E-state index contributed by atoms with van der Waals surface area (Å²) >= 11 is 1.63. The van der Waals surface area contributed by atoms with Crippen LogP contribution in [0.5, 0.6) is 5.75 Å². The summed E-state index contributed by atoms with van der Waals surface area (Å²) in [6.07, 6.45) is 9.21. The quantitative estimate of drug-likeness (QED) is 0.609. The summed E-state index contributed by atoms with van der Waals surface area (Å²) in [4.78, 5) is 5.36. The summed E-state index contributed by atoms with van der Waals surface area (Å²) in [5.74, 6) is 0.273. The Morgan fingerprint density at radius 3 is 2.69 bits per heavy atom. The van der Waals surface area contributed by atoms with E-state index >= 15 is 0 Å². The number of hydrogen-bond donors (Lipinski definition) is 3. The van der Waals surface area contributed by atoms with Crippen molar-refractivity contribution < 1.29 is 5.11 Å². The predicted molar refractivity (Wildman–Crippen MR) is 113 cm³/mol. The zero-order chi connectivity index (χ0) is 18.7. The van der Waals surface area contributed by atoms with E-state index in [2.05, 4.69) is 25.4 Å². The highest BCUT2D eigenvalue weighted by Gasteiger charge is 2.11. The minimum atomic E-state index is 0.273. The van der Waals surface area contributed by atoms with Crippen molar-refractivity contribution in [1.82, 2.24) is 4.98 Å². The molecule has 0 spiro atoms.